The number of nitrogens with one attached hydrogen (secondary N) is 2. The van der Waals surface area contributed by atoms with Gasteiger partial charge in [0.05, 0.1) is 22.4 Å². The number of aromatic nitrogens is 2. The monoisotopic (exact) mass is 265 g/mol. The molecule has 0 unspecified atom stereocenters. The van der Waals surface area contributed by atoms with Crippen LogP contribution >= 0.6 is 23.4 Å². The molecule has 5 nitrogen and oxygen atoms in total. The number of aliphatic imine (C=N–C) groups is 1. The molecule has 0 amide bonds. The number of hydrogen-bond acceptors (Lipinski definition) is 4. The second kappa shape index (κ2) is 5.08. The van der Waals surface area contributed by atoms with E-state index in [9.17, 15) is 0 Å². The van der Waals surface area contributed by atoms with Gasteiger partial charge in [0.2, 0.25) is 0 Å². The summed E-state index contributed by atoms with van der Waals surface area (Å²) in [5, 5.41) is 19.8. The van der Waals surface area contributed by atoms with Crippen LogP contribution in [0.3, 0.4) is 0 Å². The molecule has 0 saturated carbocycles. The van der Waals surface area contributed by atoms with Crippen LogP contribution in [0.2, 0.25) is 5.02 Å². The van der Waals surface area contributed by atoms with Crippen LogP contribution in [-0.4, -0.2) is 21.6 Å². The molecule has 86 valence electrons. The molecule has 0 atom stereocenters. The first-order chi connectivity index (χ1) is 8.26. The SMILES string of the molecule is CSC(=Nc1ccc(Cl)c2cn[nH]c12)NC#N. The molecule has 0 saturated heterocycles. The predicted octanol–water partition coefficient (Wildman–Crippen LogP) is 2.64. The van der Waals surface area contributed by atoms with Gasteiger partial charge in [-0.1, -0.05) is 23.4 Å². The number of nitriles is 1. The van der Waals surface area contributed by atoms with Crippen molar-refractivity contribution in [3.05, 3.63) is 23.4 Å². The zero-order valence-corrected chi connectivity index (χ0v) is 10.4. The molecule has 1 aromatic carbocycles. The van der Waals surface area contributed by atoms with Gasteiger partial charge in [-0.25, -0.2) is 4.99 Å². The normalized spacial score (nSPS) is 11.5. The fourth-order valence-electron chi connectivity index (χ4n) is 1.36. The molecule has 0 fully saturated rings. The second-order valence-electron chi connectivity index (χ2n) is 3.08. The Morgan fingerprint density at radius 2 is 2.47 bits per heavy atom. The number of hydrogen-bond donors (Lipinski definition) is 2. The quantitative estimate of drug-likeness (QED) is 0.360. The van der Waals surface area contributed by atoms with Crippen molar-refractivity contribution in [2.24, 2.45) is 4.99 Å². The first kappa shape index (κ1) is 11.8. The average molecular weight is 266 g/mol. The van der Waals surface area contributed by atoms with Crippen LogP contribution in [0.5, 0.6) is 0 Å². The van der Waals surface area contributed by atoms with E-state index in [0.717, 1.165) is 10.9 Å². The molecule has 1 aromatic heterocycles. The summed E-state index contributed by atoms with van der Waals surface area (Å²) in [6, 6.07) is 3.53. The Labute approximate surface area is 107 Å². The lowest BCUT2D eigenvalue weighted by Gasteiger charge is -2.01. The van der Waals surface area contributed by atoms with E-state index in [2.05, 4.69) is 20.5 Å². The van der Waals surface area contributed by atoms with E-state index < -0.39 is 0 Å². The van der Waals surface area contributed by atoms with Crippen LogP contribution in [0.25, 0.3) is 10.9 Å². The molecule has 0 aliphatic rings. The highest BCUT2D eigenvalue weighted by Crippen LogP contribution is 2.30. The summed E-state index contributed by atoms with van der Waals surface area (Å²) < 4.78 is 0. The lowest BCUT2D eigenvalue weighted by molar-refractivity contribution is 1.12. The van der Waals surface area contributed by atoms with E-state index in [-0.39, 0.29) is 0 Å². The predicted molar refractivity (Wildman–Crippen MR) is 70.5 cm³/mol. The van der Waals surface area contributed by atoms with Gasteiger partial charge in [-0.05, 0) is 18.4 Å². The maximum atomic E-state index is 8.57. The number of aromatic amines is 1. The van der Waals surface area contributed by atoms with E-state index in [0.29, 0.717) is 15.9 Å². The van der Waals surface area contributed by atoms with Crippen LogP contribution in [0.15, 0.2) is 23.3 Å². The van der Waals surface area contributed by atoms with E-state index in [1.807, 2.05) is 12.4 Å². The maximum Gasteiger partial charge on any atom is 0.183 e. The molecule has 2 N–H and O–H groups in total. The van der Waals surface area contributed by atoms with Crippen molar-refractivity contribution in [2.75, 3.05) is 6.26 Å². The van der Waals surface area contributed by atoms with Gasteiger partial charge in [0, 0.05) is 5.39 Å². The first-order valence-electron chi connectivity index (χ1n) is 4.65. The van der Waals surface area contributed by atoms with Crippen molar-refractivity contribution >= 4 is 45.1 Å². The maximum absolute atomic E-state index is 8.57. The van der Waals surface area contributed by atoms with Crippen molar-refractivity contribution in [3.63, 3.8) is 0 Å². The number of halogens is 1. The molecule has 2 aromatic rings. The third-order valence-corrected chi connectivity index (χ3v) is 3.03. The zero-order valence-electron chi connectivity index (χ0n) is 8.86. The summed E-state index contributed by atoms with van der Waals surface area (Å²) in [5.74, 6) is 0. The van der Waals surface area contributed by atoms with E-state index in [1.54, 1.807) is 18.3 Å². The van der Waals surface area contributed by atoms with Gasteiger partial charge < -0.3 is 0 Å². The van der Waals surface area contributed by atoms with Gasteiger partial charge in [-0.15, -0.1) is 0 Å². The summed E-state index contributed by atoms with van der Waals surface area (Å²) in [4.78, 5) is 4.32. The van der Waals surface area contributed by atoms with Crippen molar-refractivity contribution in [1.29, 1.82) is 5.26 Å². The number of rotatable bonds is 1. The molecule has 17 heavy (non-hydrogen) atoms. The summed E-state index contributed by atoms with van der Waals surface area (Å²) in [6.07, 6.45) is 5.32. The van der Waals surface area contributed by atoms with Gasteiger partial charge in [0.15, 0.2) is 11.4 Å². The minimum atomic E-state index is 0.519. The fourth-order valence-corrected chi connectivity index (χ4v) is 1.91. The standard InChI is InChI=1S/C10H8ClN5S/c1-17-10(13-5-12)15-8-3-2-7(11)6-4-14-16-9(6)8/h2-4H,1H3,(H,13,15)(H,14,16). The molecular formula is C10H8ClN5S. The molecule has 1 heterocycles. The Hall–Kier alpha value is -1.71. The molecule has 0 radical (unpaired) electrons. The van der Waals surface area contributed by atoms with Crippen molar-refractivity contribution in [2.45, 2.75) is 0 Å². The Morgan fingerprint density at radius 1 is 1.65 bits per heavy atom. The number of thioether (sulfide) groups is 1. The summed E-state index contributed by atoms with van der Waals surface area (Å²) in [6.45, 7) is 0. The molecule has 0 spiro atoms. The fraction of sp³-hybridized carbons (Fsp3) is 0.100. The largest absolute Gasteiger partial charge is 0.276 e. The minimum absolute atomic E-state index is 0.519. The third-order valence-electron chi connectivity index (χ3n) is 2.12. The van der Waals surface area contributed by atoms with Crippen molar-refractivity contribution in [1.82, 2.24) is 15.5 Å². The lowest BCUT2D eigenvalue weighted by Crippen LogP contribution is -2.12. The smallest absolute Gasteiger partial charge is 0.183 e. The highest BCUT2D eigenvalue weighted by molar-refractivity contribution is 8.13. The Balaban J connectivity index is 2.53. The van der Waals surface area contributed by atoms with Crippen LogP contribution < -0.4 is 5.32 Å². The van der Waals surface area contributed by atoms with Crippen LogP contribution in [-0.2, 0) is 0 Å². The number of nitrogens with zero attached hydrogens (tertiary/aromatic N) is 3. The van der Waals surface area contributed by atoms with E-state index >= 15 is 0 Å². The zero-order chi connectivity index (χ0) is 12.3. The highest BCUT2D eigenvalue weighted by Gasteiger charge is 2.07. The van der Waals surface area contributed by atoms with Gasteiger partial charge in [-0.3, -0.25) is 10.4 Å². The topological polar surface area (TPSA) is 76.9 Å². The summed E-state index contributed by atoms with van der Waals surface area (Å²) >= 11 is 7.37. The van der Waals surface area contributed by atoms with Crippen LogP contribution in [0, 0.1) is 11.5 Å². The number of fused-ring (bicyclic) bond motifs is 1. The second-order valence-corrected chi connectivity index (χ2v) is 4.29. The van der Waals surface area contributed by atoms with Crippen LogP contribution in [0.1, 0.15) is 0 Å². The molecule has 7 heteroatoms. The third kappa shape index (κ3) is 2.35. The minimum Gasteiger partial charge on any atom is -0.276 e. The number of amidine groups is 1. The van der Waals surface area contributed by atoms with Gasteiger partial charge in [-0.2, -0.15) is 10.4 Å². The summed E-state index contributed by atoms with van der Waals surface area (Å²) in [5.41, 5.74) is 1.44. The molecule has 2 rings (SSSR count). The Bertz CT molecular complexity index is 613. The van der Waals surface area contributed by atoms with E-state index in [4.69, 9.17) is 16.9 Å². The van der Waals surface area contributed by atoms with E-state index in [1.165, 1.54) is 11.8 Å². The summed E-state index contributed by atoms with van der Waals surface area (Å²) in [7, 11) is 0. The van der Waals surface area contributed by atoms with Crippen molar-refractivity contribution < 1.29 is 0 Å². The highest BCUT2D eigenvalue weighted by atomic mass is 35.5. The molecule has 0 bridgehead atoms. The first-order valence-corrected chi connectivity index (χ1v) is 6.26. The van der Waals surface area contributed by atoms with Gasteiger partial charge in [0.1, 0.15) is 0 Å². The average Bonchev–Trinajstić information content (AvgIpc) is 2.82. The van der Waals surface area contributed by atoms with Crippen molar-refractivity contribution in [3.8, 4) is 6.19 Å². The number of benzene rings is 1. The molecular weight excluding hydrogens is 258 g/mol. The van der Waals surface area contributed by atoms with Gasteiger partial charge >= 0.3 is 0 Å². The Morgan fingerprint density at radius 3 is 3.18 bits per heavy atom. The Kier molecular flexibility index (Phi) is 3.52. The van der Waals surface area contributed by atoms with Gasteiger partial charge in [0.25, 0.3) is 0 Å². The van der Waals surface area contributed by atoms with Crippen LogP contribution in [0.4, 0.5) is 5.69 Å². The molecule has 0 aliphatic heterocycles. The molecule has 0 aliphatic carbocycles. The number of H-pyrrole nitrogens is 1. The lowest BCUT2D eigenvalue weighted by atomic mass is 10.2.